The highest BCUT2D eigenvalue weighted by Gasteiger charge is 2.27. The molecule has 0 fully saturated rings. The summed E-state index contributed by atoms with van der Waals surface area (Å²) in [5, 5.41) is 1.82. The van der Waals surface area contributed by atoms with Crippen LogP contribution in [0.3, 0.4) is 0 Å². The Balaban J connectivity index is 1.52. The summed E-state index contributed by atoms with van der Waals surface area (Å²) >= 11 is 13.9. The van der Waals surface area contributed by atoms with Crippen molar-refractivity contribution in [3.63, 3.8) is 0 Å². The molecular weight excluding hydrogens is 379 g/mol. The summed E-state index contributed by atoms with van der Waals surface area (Å²) in [7, 11) is 0. The Morgan fingerprint density at radius 1 is 1.28 bits per heavy atom. The van der Waals surface area contributed by atoms with Crippen molar-refractivity contribution in [3.8, 4) is 0 Å². The zero-order chi connectivity index (χ0) is 17.4. The van der Waals surface area contributed by atoms with Gasteiger partial charge in [0.2, 0.25) is 0 Å². The van der Waals surface area contributed by atoms with Crippen LogP contribution in [-0.2, 0) is 17.8 Å². The first-order valence-corrected chi connectivity index (χ1v) is 9.46. The van der Waals surface area contributed by atoms with Crippen LogP contribution in [0, 0.1) is 0 Å². The maximum absolute atomic E-state index is 12.6. The number of hydrogen-bond donors (Lipinski definition) is 0. The molecule has 4 rings (SSSR count). The predicted octanol–water partition coefficient (Wildman–Crippen LogP) is 5.69. The molecule has 1 amide bonds. The van der Waals surface area contributed by atoms with Crippen molar-refractivity contribution in [3.05, 3.63) is 57.0 Å². The molecule has 0 aliphatic carbocycles. The fraction of sp³-hybridized carbons (Fsp3) is 0.222. The second-order valence-corrected chi connectivity index (χ2v) is 7.74. The third-order valence-electron chi connectivity index (χ3n) is 4.08. The first-order valence-electron chi connectivity index (χ1n) is 7.88. The Kier molecular flexibility index (Phi) is 4.54. The van der Waals surface area contributed by atoms with Crippen molar-refractivity contribution in [2.24, 2.45) is 0 Å². The number of anilines is 1. The van der Waals surface area contributed by atoms with Crippen LogP contribution in [0.4, 0.5) is 10.5 Å². The van der Waals surface area contributed by atoms with E-state index in [1.165, 1.54) is 11.3 Å². The lowest BCUT2D eigenvalue weighted by Gasteiger charge is -2.29. The molecule has 2 heterocycles. The monoisotopic (exact) mass is 392 g/mol. The number of aryl methyl sites for hydroxylation is 1. The van der Waals surface area contributed by atoms with E-state index in [9.17, 15) is 4.79 Å². The van der Waals surface area contributed by atoms with Gasteiger partial charge in [0.05, 0.1) is 20.9 Å². The number of halogens is 2. The first kappa shape index (κ1) is 16.6. The molecule has 0 atom stereocenters. The molecule has 0 unspecified atom stereocenters. The summed E-state index contributed by atoms with van der Waals surface area (Å²) in [6.45, 7) is 0.724. The van der Waals surface area contributed by atoms with Gasteiger partial charge in [-0.2, -0.15) is 0 Å². The minimum absolute atomic E-state index is 0.148. The van der Waals surface area contributed by atoms with Gasteiger partial charge in [-0.15, -0.1) is 11.3 Å². The van der Waals surface area contributed by atoms with Gasteiger partial charge < -0.3 is 4.74 Å². The molecule has 2 aromatic carbocycles. The number of para-hydroxylation sites is 1. The van der Waals surface area contributed by atoms with Crippen LogP contribution in [0.15, 0.2) is 36.4 Å². The first-order chi connectivity index (χ1) is 12.1. The summed E-state index contributed by atoms with van der Waals surface area (Å²) < 4.78 is 6.56. The lowest BCUT2D eigenvalue weighted by molar-refractivity contribution is 0.146. The Morgan fingerprint density at radius 3 is 2.96 bits per heavy atom. The SMILES string of the molecule is O=C(OCc1nc2ccccc2s1)N1CCCc2cc(Cl)cc(Cl)c21. The van der Waals surface area contributed by atoms with Gasteiger partial charge in [-0.05, 0) is 42.7 Å². The molecule has 4 nitrogen and oxygen atoms in total. The number of fused-ring (bicyclic) bond motifs is 2. The van der Waals surface area contributed by atoms with Crippen molar-refractivity contribution >= 4 is 56.5 Å². The van der Waals surface area contributed by atoms with Gasteiger partial charge in [0.25, 0.3) is 0 Å². The standard InChI is InChI=1S/C18H14Cl2N2O2S/c19-12-8-11-4-3-7-22(17(11)13(20)9-12)18(23)24-10-16-21-14-5-1-2-6-15(14)25-16/h1-2,5-6,8-9H,3-4,7,10H2. The van der Waals surface area contributed by atoms with Crippen LogP contribution < -0.4 is 4.90 Å². The summed E-state index contributed by atoms with van der Waals surface area (Å²) in [6.07, 6.45) is 1.28. The number of nitrogens with zero attached hydrogens (tertiary/aromatic N) is 2. The third kappa shape index (κ3) is 3.32. The highest BCUT2D eigenvalue weighted by atomic mass is 35.5. The molecule has 128 valence electrons. The number of hydrogen-bond acceptors (Lipinski definition) is 4. The highest BCUT2D eigenvalue weighted by molar-refractivity contribution is 7.18. The summed E-state index contributed by atoms with van der Waals surface area (Å²) in [5.74, 6) is 0. The zero-order valence-electron chi connectivity index (χ0n) is 13.2. The van der Waals surface area contributed by atoms with Gasteiger partial charge in [0.1, 0.15) is 11.6 Å². The maximum atomic E-state index is 12.6. The van der Waals surface area contributed by atoms with E-state index in [-0.39, 0.29) is 6.61 Å². The number of ether oxygens (including phenoxy) is 1. The molecular formula is C18H14Cl2N2O2S. The number of benzene rings is 2. The van der Waals surface area contributed by atoms with E-state index in [1.54, 1.807) is 11.0 Å². The number of rotatable bonds is 2. The minimum Gasteiger partial charge on any atom is -0.442 e. The van der Waals surface area contributed by atoms with E-state index >= 15 is 0 Å². The Bertz CT molecular complexity index is 924. The van der Waals surface area contributed by atoms with Crippen LogP contribution in [0.5, 0.6) is 0 Å². The summed E-state index contributed by atoms with van der Waals surface area (Å²) in [4.78, 5) is 18.6. The summed E-state index contributed by atoms with van der Waals surface area (Å²) in [6, 6.07) is 11.4. The topological polar surface area (TPSA) is 42.4 Å². The van der Waals surface area contributed by atoms with E-state index in [2.05, 4.69) is 4.98 Å². The Hall–Kier alpha value is -1.82. The van der Waals surface area contributed by atoms with E-state index in [4.69, 9.17) is 27.9 Å². The molecule has 0 radical (unpaired) electrons. The van der Waals surface area contributed by atoms with E-state index in [0.29, 0.717) is 22.3 Å². The number of carbonyl (C=O) groups is 1. The zero-order valence-corrected chi connectivity index (χ0v) is 15.5. The lowest BCUT2D eigenvalue weighted by Crippen LogP contribution is -2.36. The minimum atomic E-state index is -0.413. The average molecular weight is 393 g/mol. The van der Waals surface area contributed by atoms with Gasteiger partial charge in [0, 0.05) is 11.6 Å². The number of aromatic nitrogens is 1. The molecule has 1 aromatic heterocycles. The lowest BCUT2D eigenvalue weighted by atomic mass is 10.0. The van der Waals surface area contributed by atoms with Crippen LogP contribution in [0.2, 0.25) is 10.0 Å². The fourth-order valence-corrected chi connectivity index (χ4v) is 4.54. The normalized spacial score (nSPS) is 13.8. The number of thiazole rings is 1. The quantitative estimate of drug-likeness (QED) is 0.562. The highest BCUT2D eigenvalue weighted by Crippen LogP contribution is 2.37. The molecule has 0 bridgehead atoms. The predicted molar refractivity (Wildman–Crippen MR) is 102 cm³/mol. The van der Waals surface area contributed by atoms with Crippen molar-refractivity contribution in [2.75, 3.05) is 11.4 Å². The van der Waals surface area contributed by atoms with Gasteiger partial charge in [-0.1, -0.05) is 35.3 Å². The second kappa shape index (κ2) is 6.83. The van der Waals surface area contributed by atoms with E-state index in [0.717, 1.165) is 33.6 Å². The Labute approximate surface area is 158 Å². The summed E-state index contributed by atoms with van der Waals surface area (Å²) in [5.41, 5.74) is 2.59. The average Bonchev–Trinajstić information content (AvgIpc) is 3.01. The molecule has 1 aliphatic heterocycles. The maximum Gasteiger partial charge on any atom is 0.414 e. The van der Waals surface area contributed by atoms with E-state index in [1.807, 2.05) is 30.3 Å². The molecule has 7 heteroatoms. The van der Waals surface area contributed by atoms with Gasteiger partial charge in [-0.3, -0.25) is 4.90 Å². The number of carbonyl (C=O) groups excluding carboxylic acids is 1. The van der Waals surface area contributed by atoms with Crippen LogP contribution in [-0.4, -0.2) is 17.6 Å². The van der Waals surface area contributed by atoms with Crippen LogP contribution in [0.25, 0.3) is 10.2 Å². The fourth-order valence-electron chi connectivity index (χ4n) is 3.02. The third-order valence-corrected chi connectivity index (χ3v) is 5.60. The van der Waals surface area contributed by atoms with E-state index < -0.39 is 6.09 Å². The Morgan fingerprint density at radius 2 is 2.12 bits per heavy atom. The molecule has 0 N–H and O–H groups in total. The molecule has 0 saturated heterocycles. The van der Waals surface area contributed by atoms with Crippen LogP contribution >= 0.6 is 34.5 Å². The van der Waals surface area contributed by atoms with Crippen LogP contribution in [0.1, 0.15) is 17.0 Å². The molecule has 1 aliphatic rings. The van der Waals surface area contributed by atoms with Gasteiger partial charge in [0.15, 0.2) is 0 Å². The second-order valence-electron chi connectivity index (χ2n) is 5.78. The largest absolute Gasteiger partial charge is 0.442 e. The van der Waals surface area contributed by atoms with Crippen molar-refractivity contribution < 1.29 is 9.53 Å². The van der Waals surface area contributed by atoms with Crippen molar-refractivity contribution in [1.29, 1.82) is 0 Å². The molecule has 3 aromatic rings. The molecule has 0 spiro atoms. The molecule has 25 heavy (non-hydrogen) atoms. The van der Waals surface area contributed by atoms with Gasteiger partial charge >= 0.3 is 6.09 Å². The van der Waals surface area contributed by atoms with Crippen molar-refractivity contribution in [1.82, 2.24) is 4.98 Å². The van der Waals surface area contributed by atoms with Crippen molar-refractivity contribution in [2.45, 2.75) is 19.4 Å². The number of amides is 1. The van der Waals surface area contributed by atoms with Gasteiger partial charge in [-0.25, -0.2) is 9.78 Å². The molecule has 0 saturated carbocycles. The smallest absolute Gasteiger partial charge is 0.414 e.